The molecule has 0 saturated carbocycles. The van der Waals surface area contributed by atoms with Crippen LogP contribution in [0.15, 0.2) is 51.4 Å². The molecule has 0 spiro atoms. The molecule has 20 heavy (non-hydrogen) atoms. The maximum atomic E-state index is 13.1. The highest BCUT2D eigenvalue weighted by molar-refractivity contribution is 9.11. The average molecular weight is 473 g/mol. The van der Waals surface area contributed by atoms with E-state index in [9.17, 15) is 13.2 Å². The van der Waals surface area contributed by atoms with Gasteiger partial charge < -0.3 is 0 Å². The van der Waals surface area contributed by atoms with E-state index in [0.29, 0.717) is 0 Å². The Labute approximate surface area is 139 Å². The SMILES string of the molecule is FC(F)(F)c1ccccc1C(Br)c1cc(Br)ccc1Br. The highest BCUT2D eigenvalue weighted by Crippen LogP contribution is 2.42. The fraction of sp³-hybridized carbons (Fsp3) is 0.143. The van der Waals surface area contributed by atoms with Crippen molar-refractivity contribution in [2.45, 2.75) is 11.0 Å². The molecule has 0 fully saturated rings. The molecule has 1 atom stereocenters. The van der Waals surface area contributed by atoms with Crippen molar-refractivity contribution in [3.05, 3.63) is 68.1 Å². The molecule has 0 N–H and O–H groups in total. The van der Waals surface area contributed by atoms with Crippen LogP contribution in [0.2, 0.25) is 0 Å². The average Bonchev–Trinajstić information content (AvgIpc) is 2.40. The van der Waals surface area contributed by atoms with Crippen LogP contribution >= 0.6 is 47.8 Å². The predicted molar refractivity (Wildman–Crippen MR) is 84.1 cm³/mol. The standard InChI is InChI=1S/C14H8Br3F3/c15-8-5-6-12(16)10(7-8)13(17)9-3-1-2-4-11(9)14(18,19)20/h1-7,13H. The summed E-state index contributed by atoms with van der Waals surface area (Å²) in [6.45, 7) is 0. The van der Waals surface area contributed by atoms with Crippen LogP contribution in [0.3, 0.4) is 0 Å². The lowest BCUT2D eigenvalue weighted by molar-refractivity contribution is -0.138. The van der Waals surface area contributed by atoms with Crippen LogP contribution in [0.25, 0.3) is 0 Å². The molecule has 0 heterocycles. The molecule has 0 aliphatic rings. The van der Waals surface area contributed by atoms with Crippen molar-refractivity contribution in [2.75, 3.05) is 0 Å². The van der Waals surface area contributed by atoms with Gasteiger partial charge in [-0.15, -0.1) is 0 Å². The summed E-state index contributed by atoms with van der Waals surface area (Å²) in [6, 6.07) is 11.0. The summed E-state index contributed by atoms with van der Waals surface area (Å²) >= 11 is 10.1. The molecule has 1 unspecified atom stereocenters. The van der Waals surface area contributed by atoms with E-state index >= 15 is 0 Å². The van der Waals surface area contributed by atoms with Gasteiger partial charge in [0.2, 0.25) is 0 Å². The van der Waals surface area contributed by atoms with Crippen molar-refractivity contribution >= 4 is 47.8 Å². The van der Waals surface area contributed by atoms with Gasteiger partial charge in [-0.05, 0) is 35.4 Å². The van der Waals surface area contributed by atoms with Crippen LogP contribution in [0.4, 0.5) is 13.2 Å². The Kier molecular flexibility index (Phi) is 4.97. The van der Waals surface area contributed by atoms with Crippen molar-refractivity contribution < 1.29 is 13.2 Å². The van der Waals surface area contributed by atoms with Gasteiger partial charge in [0.25, 0.3) is 0 Å². The maximum absolute atomic E-state index is 13.1. The van der Waals surface area contributed by atoms with Crippen LogP contribution in [0, 0.1) is 0 Å². The number of halogens is 6. The Morgan fingerprint density at radius 2 is 1.55 bits per heavy atom. The summed E-state index contributed by atoms with van der Waals surface area (Å²) in [6.07, 6.45) is -4.37. The molecule has 0 saturated heterocycles. The zero-order chi connectivity index (χ0) is 14.9. The highest BCUT2D eigenvalue weighted by atomic mass is 79.9. The topological polar surface area (TPSA) is 0 Å². The molecule has 0 radical (unpaired) electrons. The molecule has 2 rings (SSSR count). The smallest absolute Gasteiger partial charge is 0.166 e. The number of alkyl halides is 4. The minimum Gasteiger partial charge on any atom is -0.166 e. The largest absolute Gasteiger partial charge is 0.416 e. The summed E-state index contributed by atoms with van der Waals surface area (Å²) in [7, 11) is 0. The molecule has 2 aromatic rings. The van der Waals surface area contributed by atoms with E-state index < -0.39 is 16.6 Å². The normalized spacial score (nSPS) is 13.3. The van der Waals surface area contributed by atoms with Crippen LogP contribution in [-0.4, -0.2) is 0 Å². The van der Waals surface area contributed by atoms with Gasteiger partial charge in [0.15, 0.2) is 0 Å². The molecule has 0 amide bonds. The van der Waals surface area contributed by atoms with Gasteiger partial charge in [-0.2, -0.15) is 13.2 Å². The van der Waals surface area contributed by atoms with E-state index in [-0.39, 0.29) is 5.56 Å². The third-order valence-electron chi connectivity index (χ3n) is 2.77. The van der Waals surface area contributed by atoms with Crippen LogP contribution in [0.1, 0.15) is 21.5 Å². The second-order valence-electron chi connectivity index (χ2n) is 4.11. The van der Waals surface area contributed by atoms with Crippen molar-refractivity contribution in [1.29, 1.82) is 0 Å². The van der Waals surface area contributed by atoms with Crippen molar-refractivity contribution in [3.8, 4) is 0 Å². The van der Waals surface area contributed by atoms with Crippen LogP contribution < -0.4 is 0 Å². The monoisotopic (exact) mass is 470 g/mol. The molecule has 6 heteroatoms. The Morgan fingerprint density at radius 3 is 2.20 bits per heavy atom. The summed E-state index contributed by atoms with van der Waals surface area (Å²) in [5.41, 5.74) is 0.295. The molecular weight excluding hydrogens is 465 g/mol. The first-order chi connectivity index (χ1) is 9.30. The van der Waals surface area contributed by atoms with Gasteiger partial charge in [0.05, 0.1) is 10.4 Å². The summed E-state index contributed by atoms with van der Waals surface area (Å²) < 4.78 is 40.7. The van der Waals surface area contributed by atoms with E-state index in [1.54, 1.807) is 18.2 Å². The van der Waals surface area contributed by atoms with Crippen molar-refractivity contribution in [2.24, 2.45) is 0 Å². The Hall–Kier alpha value is -0.330. The minimum atomic E-state index is -4.37. The second-order valence-corrected chi connectivity index (χ2v) is 6.80. The van der Waals surface area contributed by atoms with Gasteiger partial charge in [0.1, 0.15) is 0 Å². The predicted octanol–water partition coefficient (Wildman–Crippen LogP) is 6.71. The van der Waals surface area contributed by atoms with E-state index in [2.05, 4.69) is 47.8 Å². The lowest BCUT2D eigenvalue weighted by Crippen LogP contribution is -2.10. The fourth-order valence-corrected chi connectivity index (χ4v) is 3.79. The molecule has 0 aliphatic carbocycles. The zero-order valence-electron chi connectivity index (χ0n) is 9.89. The van der Waals surface area contributed by atoms with Gasteiger partial charge in [-0.3, -0.25) is 0 Å². The number of hydrogen-bond acceptors (Lipinski definition) is 0. The van der Waals surface area contributed by atoms with Gasteiger partial charge in [0, 0.05) is 8.95 Å². The molecule has 106 valence electrons. The highest BCUT2D eigenvalue weighted by Gasteiger charge is 2.35. The number of benzene rings is 2. The third-order valence-corrected chi connectivity index (χ3v) is 4.97. The van der Waals surface area contributed by atoms with Crippen molar-refractivity contribution in [1.82, 2.24) is 0 Å². The molecule has 0 aromatic heterocycles. The van der Waals surface area contributed by atoms with Crippen LogP contribution in [-0.2, 0) is 6.18 Å². The van der Waals surface area contributed by atoms with Gasteiger partial charge in [-0.1, -0.05) is 66.0 Å². The second kappa shape index (κ2) is 6.20. The number of hydrogen-bond donors (Lipinski definition) is 0. The quantitative estimate of drug-likeness (QED) is 0.426. The zero-order valence-corrected chi connectivity index (χ0v) is 14.6. The molecule has 2 aromatic carbocycles. The fourth-order valence-electron chi connectivity index (χ4n) is 1.85. The Bertz CT molecular complexity index is 623. The molecule has 0 nitrogen and oxygen atoms in total. The Balaban J connectivity index is 2.54. The summed E-state index contributed by atoms with van der Waals surface area (Å²) in [5, 5.41) is 0. The van der Waals surface area contributed by atoms with Gasteiger partial charge >= 0.3 is 6.18 Å². The lowest BCUT2D eigenvalue weighted by atomic mass is 9.99. The molecule has 0 bridgehead atoms. The minimum absolute atomic E-state index is 0.193. The third kappa shape index (κ3) is 3.46. The lowest BCUT2D eigenvalue weighted by Gasteiger charge is -2.18. The van der Waals surface area contributed by atoms with E-state index in [1.807, 2.05) is 6.07 Å². The first-order valence-electron chi connectivity index (χ1n) is 5.56. The number of rotatable bonds is 2. The van der Waals surface area contributed by atoms with E-state index in [4.69, 9.17) is 0 Å². The first-order valence-corrected chi connectivity index (χ1v) is 8.06. The Morgan fingerprint density at radius 1 is 0.900 bits per heavy atom. The van der Waals surface area contributed by atoms with E-state index in [0.717, 1.165) is 20.6 Å². The van der Waals surface area contributed by atoms with Crippen molar-refractivity contribution in [3.63, 3.8) is 0 Å². The first kappa shape index (κ1) is 16.0. The molecular formula is C14H8Br3F3. The summed E-state index contributed by atoms with van der Waals surface area (Å²) in [5.74, 6) is 0. The molecule has 0 aliphatic heterocycles. The maximum Gasteiger partial charge on any atom is 0.416 e. The van der Waals surface area contributed by atoms with Crippen LogP contribution in [0.5, 0.6) is 0 Å². The van der Waals surface area contributed by atoms with Gasteiger partial charge in [-0.25, -0.2) is 0 Å². The summed E-state index contributed by atoms with van der Waals surface area (Å²) in [4.78, 5) is -0.549. The van der Waals surface area contributed by atoms with E-state index in [1.165, 1.54) is 12.1 Å².